The van der Waals surface area contributed by atoms with Gasteiger partial charge in [0, 0.05) is 43.3 Å². The van der Waals surface area contributed by atoms with Gasteiger partial charge >= 0.3 is 0 Å². The Morgan fingerprint density at radius 2 is 1.83 bits per heavy atom. The number of aryl methyl sites for hydroxylation is 1. The van der Waals surface area contributed by atoms with Gasteiger partial charge in [0.25, 0.3) is 0 Å². The van der Waals surface area contributed by atoms with Crippen molar-refractivity contribution in [3.63, 3.8) is 0 Å². The summed E-state index contributed by atoms with van der Waals surface area (Å²) in [6.07, 6.45) is 2.08. The first-order valence-corrected chi connectivity index (χ1v) is 11.3. The van der Waals surface area contributed by atoms with Crippen LogP contribution in [0.5, 0.6) is 0 Å². The van der Waals surface area contributed by atoms with E-state index in [4.69, 9.17) is 0 Å². The number of halogens is 1. The lowest BCUT2D eigenvalue weighted by Crippen LogP contribution is -2.46. The van der Waals surface area contributed by atoms with Gasteiger partial charge < -0.3 is 10.2 Å². The molecule has 2 aromatic rings. The van der Waals surface area contributed by atoms with Gasteiger partial charge in [0.2, 0.25) is 5.91 Å². The molecule has 0 bridgehead atoms. The van der Waals surface area contributed by atoms with Gasteiger partial charge in [-0.1, -0.05) is 12.1 Å². The van der Waals surface area contributed by atoms with Gasteiger partial charge in [0.05, 0.1) is 5.75 Å². The Hall–Kier alpha value is -2.05. The van der Waals surface area contributed by atoms with Crippen molar-refractivity contribution in [3.05, 3.63) is 59.9 Å². The number of nitrogens with zero attached hydrogens (tertiary/aromatic N) is 2. The number of amides is 1. The third-order valence-electron chi connectivity index (χ3n) is 5.15. The van der Waals surface area contributed by atoms with E-state index in [0.717, 1.165) is 50.5 Å². The number of piperazine rings is 1. The van der Waals surface area contributed by atoms with Gasteiger partial charge in [-0.3, -0.25) is 9.69 Å². The largest absolute Gasteiger partial charge is 0.369 e. The number of hydrogen-bond donors (Lipinski definition) is 1. The molecule has 0 aromatic heterocycles. The fourth-order valence-corrected chi connectivity index (χ4v) is 4.20. The van der Waals surface area contributed by atoms with Crippen LogP contribution in [0.15, 0.2) is 53.4 Å². The van der Waals surface area contributed by atoms with Crippen LogP contribution < -0.4 is 10.2 Å². The number of anilines is 1. The summed E-state index contributed by atoms with van der Waals surface area (Å²) < 4.78 is 12.9. The highest BCUT2D eigenvalue weighted by Crippen LogP contribution is 2.18. The van der Waals surface area contributed by atoms with Crippen molar-refractivity contribution in [3.8, 4) is 0 Å². The Bertz CT molecular complexity index is 776. The van der Waals surface area contributed by atoms with Crippen LogP contribution in [0.3, 0.4) is 0 Å². The summed E-state index contributed by atoms with van der Waals surface area (Å²) in [7, 11) is 0. The summed E-state index contributed by atoms with van der Waals surface area (Å²) in [6, 6.07) is 15.0. The van der Waals surface area contributed by atoms with Gasteiger partial charge in [-0.05, 0) is 68.3 Å². The number of hydrogen-bond acceptors (Lipinski definition) is 4. The first-order valence-electron chi connectivity index (χ1n) is 10.3. The number of carbonyl (C=O) groups excluding carboxylic acids is 1. The Kier molecular flexibility index (Phi) is 8.38. The predicted octanol–water partition coefficient (Wildman–Crippen LogP) is 3.94. The molecule has 0 atom stereocenters. The van der Waals surface area contributed by atoms with E-state index < -0.39 is 0 Å². The maximum atomic E-state index is 12.9. The van der Waals surface area contributed by atoms with Crippen molar-refractivity contribution in [2.45, 2.75) is 24.7 Å². The molecule has 3 rings (SSSR count). The highest BCUT2D eigenvalue weighted by molar-refractivity contribution is 8.00. The number of rotatable bonds is 9. The lowest BCUT2D eigenvalue weighted by atomic mass is 10.2. The topological polar surface area (TPSA) is 35.6 Å². The van der Waals surface area contributed by atoms with E-state index in [1.54, 1.807) is 12.1 Å². The fraction of sp³-hybridized carbons (Fsp3) is 0.435. The second kappa shape index (κ2) is 11.2. The van der Waals surface area contributed by atoms with E-state index in [1.807, 2.05) is 0 Å². The number of unbranched alkanes of at least 4 members (excludes halogenated alkanes) is 1. The molecular weight excluding hydrogens is 385 g/mol. The third kappa shape index (κ3) is 7.37. The molecule has 0 radical (unpaired) electrons. The summed E-state index contributed by atoms with van der Waals surface area (Å²) in [4.78, 5) is 17.8. The van der Waals surface area contributed by atoms with E-state index in [2.05, 4.69) is 46.3 Å². The average Bonchev–Trinajstić information content (AvgIpc) is 2.73. The van der Waals surface area contributed by atoms with Crippen molar-refractivity contribution >= 4 is 23.4 Å². The second-order valence-corrected chi connectivity index (χ2v) is 8.52. The smallest absolute Gasteiger partial charge is 0.230 e. The Morgan fingerprint density at radius 3 is 2.55 bits per heavy atom. The molecule has 29 heavy (non-hydrogen) atoms. The maximum absolute atomic E-state index is 12.9. The molecule has 0 unspecified atom stereocenters. The Morgan fingerprint density at radius 1 is 1.07 bits per heavy atom. The van der Waals surface area contributed by atoms with Gasteiger partial charge in [-0.15, -0.1) is 11.8 Å². The summed E-state index contributed by atoms with van der Waals surface area (Å²) in [5, 5.41) is 2.98. The molecule has 1 aliphatic rings. The maximum Gasteiger partial charge on any atom is 0.230 e. The summed E-state index contributed by atoms with van der Waals surface area (Å²) >= 11 is 1.43. The highest BCUT2D eigenvalue weighted by atomic mass is 32.2. The molecule has 0 spiro atoms. The standard InChI is InChI=1S/C23H30FN3OS/c1-19-5-4-6-21(17-19)27-15-13-26(14-16-27)12-3-2-11-25-23(28)18-29-22-9-7-20(24)8-10-22/h4-10,17H,2-3,11-16,18H2,1H3,(H,25,28). The van der Waals surface area contributed by atoms with Crippen LogP contribution in [0.25, 0.3) is 0 Å². The van der Waals surface area contributed by atoms with E-state index in [1.165, 1.54) is 35.1 Å². The lowest BCUT2D eigenvalue weighted by molar-refractivity contribution is -0.118. The van der Waals surface area contributed by atoms with Crippen LogP contribution in [0.4, 0.5) is 10.1 Å². The van der Waals surface area contributed by atoms with Crippen LogP contribution in [0.1, 0.15) is 18.4 Å². The van der Waals surface area contributed by atoms with Crippen LogP contribution in [0.2, 0.25) is 0 Å². The van der Waals surface area contributed by atoms with Gasteiger partial charge in [0.1, 0.15) is 5.82 Å². The van der Waals surface area contributed by atoms with E-state index in [9.17, 15) is 9.18 Å². The SMILES string of the molecule is Cc1cccc(N2CCN(CCCCNC(=O)CSc3ccc(F)cc3)CC2)c1. The monoisotopic (exact) mass is 415 g/mol. The molecule has 1 fully saturated rings. The molecular formula is C23H30FN3OS. The van der Waals surface area contributed by atoms with Gasteiger partial charge in [-0.2, -0.15) is 0 Å². The fourth-order valence-electron chi connectivity index (χ4n) is 3.47. The summed E-state index contributed by atoms with van der Waals surface area (Å²) in [5.74, 6) is 0.147. The van der Waals surface area contributed by atoms with Crippen LogP contribution in [-0.2, 0) is 4.79 Å². The van der Waals surface area contributed by atoms with Crippen molar-refractivity contribution in [2.75, 3.05) is 49.9 Å². The normalized spacial score (nSPS) is 14.8. The summed E-state index contributed by atoms with van der Waals surface area (Å²) in [6.45, 7) is 8.26. The zero-order valence-corrected chi connectivity index (χ0v) is 17.9. The zero-order valence-electron chi connectivity index (χ0n) is 17.1. The van der Waals surface area contributed by atoms with Gasteiger partial charge in [0.15, 0.2) is 0 Å². The Labute approximate surface area is 177 Å². The number of carbonyl (C=O) groups is 1. The predicted molar refractivity (Wildman–Crippen MR) is 119 cm³/mol. The highest BCUT2D eigenvalue weighted by Gasteiger charge is 2.16. The minimum Gasteiger partial charge on any atom is -0.369 e. The molecule has 1 N–H and O–H groups in total. The van der Waals surface area contributed by atoms with E-state index in [-0.39, 0.29) is 11.7 Å². The van der Waals surface area contributed by atoms with Crippen molar-refractivity contribution < 1.29 is 9.18 Å². The number of benzene rings is 2. The molecule has 156 valence electrons. The number of nitrogens with one attached hydrogen (secondary N) is 1. The van der Waals surface area contributed by atoms with Crippen molar-refractivity contribution in [1.29, 1.82) is 0 Å². The molecule has 2 aromatic carbocycles. The average molecular weight is 416 g/mol. The molecule has 0 saturated carbocycles. The molecule has 4 nitrogen and oxygen atoms in total. The minimum absolute atomic E-state index is 0.0334. The first kappa shape index (κ1) is 21.7. The van der Waals surface area contributed by atoms with Crippen LogP contribution in [-0.4, -0.2) is 55.8 Å². The van der Waals surface area contributed by atoms with Crippen molar-refractivity contribution in [1.82, 2.24) is 10.2 Å². The molecule has 0 aliphatic carbocycles. The lowest BCUT2D eigenvalue weighted by Gasteiger charge is -2.36. The molecule has 1 saturated heterocycles. The first-order chi connectivity index (χ1) is 14.1. The van der Waals surface area contributed by atoms with E-state index in [0.29, 0.717) is 12.3 Å². The quantitative estimate of drug-likeness (QED) is 0.497. The van der Waals surface area contributed by atoms with E-state index >= 15 is 0 Å². The van der Waals surface area contributed by atoms with Crippen molar-refractivity contribution in [2.24, 2.45) is 0 Å². The van der Waals surface area contributed by atoms with Crippen LogP contribution >= 0.6 is 11.8 Å². The Balaban J connectivity index is 1.24. The van der Waals surface area contributed by atoms with Gasteiger partial charge in [-0.25, -0.2) is 4.39 Å². The summed E-state index contributed by atoms with van der Waals surface area (Å²) in [5.41, 5.74) is 2.63. The minimum atomic E-state index is -0.254. The molecule has 6 heteroatoms. The second-order valence-electron chi connectivity index (χ2n) is 7.47. The van der Waals surface area contributed by atoms with Crippen LogP contribution in [0, 0.1) is 12.7 Å². The molecule has 1 heterocycles. The molecule has 1 amide bonds. The third-order valence-corrected chi connectivity index (χ3v) is 6.16. The molecule has 1 aliphatic heterocycles. The number of thioether (sulfide) groups is 1. The zero-order chi connectivity index (χ0) is 20.5.